The lowest BCUT2D eigenvalue weighted by molar-refractivity contribution is -0.257. The van der Waals surface area contributed by atoms with Gasteiger partial charge in [-0.2, -0.15) is 13.2 Å². The van der Waals surface area contributed by atoms with Crippen LogP contribution >= 0.6 is 0 Å². The van der Waals surface area contributed by atoms with E-state index < -0.39 is 11.8 Å². The minimum Gasteiger partial charge on any atom is -0.380 e. The Morgan fingerprint density at radius 1 is 1.26 bits per heavy atom. The molecule has 0 aromatic rings. The molecule has 1 saturated heterocycles. The fourth-order valence-electron chi connectivity index (χ4n) is 2.26. The maximum atomic E-state index is 12.6. The molecule has 0 aromatic heterocycles. The minimum atomic E-state index is -4.59. The Bertz CT molecular complexity index is 269. The van der Waals surface area contributed by atoms with Gasteiger partial charge in [-0.05, 0) is 39.2 Å². The molecular weight excluding hydrogens is 259 g/mol. The van der Waals surface area contributed by atoms with Crippen LogP contribution in [0.15, 0.2) is 0 Å². The molecule has 1 N–H and O–H groups in total. The van der Waals surface area contributed by atoms with Crippen molar-refractivity contribution in [3.05, 3.63) is 0 Å². The summed E-state index contributed by atoms with van der Waals surface area (Å²) >= 11 is 0. The van der Waals surface area contributed by atoms with Gasteiger partial charge in [-0.15, -0.1) is 0 Å². The van der Waals surface area contributed by atoms with Gasteiger partial charge in [0, 0.05) is 19.7 Å². The van der Waals surface area contributed by atoms with Gasteiger partial charge in [-0.1, -0.05) is 6.92 Å². The molecular formula is C13H24F3NO2. The monoisotopic (exact) mass is 283 g/mol. The van der Waals surface area contributed by atoms with Gasteiger partial charge in [0.25, 0.3) is 0 Å². The Morgan fingerprint density at radius 3 is 2.53 bits per heavy atom. The van der Waals surface area contributed by atoms with Crippen molar-refractivity contribution < 1.29 is 23.0 Å². The van der Waals surface area contributed by atoms with Gasteiger partial charge in [0.2, 0.25) is 0 Å². The van der Waals surface area contributed by atoms with Gasteiger partial charge >= 0.3 is 6.18 Å². The van der Waals surface area contributed by atoms with E-state index >= 15 is 0 Å². The number of alkyl halides is 3. The number of likely N-dealkylation sites (tertiary alicyclic amines) is 1. The standard InChI is InChI=1S/C13H24F3NO2/c1-3-9-19-11-5-4-7-17(8-6-11)10-12(2,18)13(14,15)16/h11,18H,3-10H2,1-2H3/t11-,12-/m1/s1. The highest BCUT2D eigenvalue weighted by molar-refractivity contribution is 4.86. The quantitative estimate of drug-likeness (QED) is 0.842. The molecule has 0 aromatic carbocycles. The molecule has 1 fully saturated rings. The van der Waals surface area contributed by atoms with Crippen LogP contribution in [0.3, 0.4) is 0 Å². The van der Waals surface area contributed by atoms with E-state index in [-0.39, 0.29) is 12.6 Å². The highest BCUT2D eigenvalue weighted by Crippen LogP contribution is 2.31. The van der Waals surface area contributed by atoms with E-state index in [2.05, 4.69) is 0 Å². The van der Waals surface area contributed by atoms with Crippen molar-refractivity contribution in [3.63, 3.8) is 0 Å². The van der Waals surface area contributed by atoms with Crippen molar-refractivity contribution in [2.24, 2.45) is 0 Å². The van der Waals surface area contributed by atoms with Crippen LogP contribution in [0.5, 0.6) is 0 Å². The largest absolute Gasteiger partial charge is 0.418 e. The molecule has 1 rings (SSSR count). The number of hydrogen-bond donors (Lipinski definition) is 1. The van der Waals surface area contributed by atoms with Gasteiger partial charge in [0.15, 0.2) is 5.60 Å². The van der Waals surface area contributed by atoms with Crippen LogP contribution in [-0.4, -0.2) is 54.1 Å². The van der Waals surface area contributed by atoms with E-state index in [0.29, 0.717) is 19.7 Å². The molecule has 0 radical (unpaired) electrons. The van der Waals surface area contributed by atoms with E-state index in [1.807, 2.05) is 6.92 Å². The number of ether oxygens (including phenoxy) is 1. The molecule has 1 aliphatic heterocycles. The molecule has 0 spiro atoms. The summed E-state index contributed by atoms with van der Waals surface area (Å²) < 4.78 is 43.5. The first kappa shape index (κ1) is 16.7. The van der Waals surface area contributed by atoms with E-state index in [9.17, 15) is 18.3 Å². The van der Waals surface area contributed by atoms with Gasteiger partial charge in [-0.3, -0.25) is 0 Å². The molecule has 0 unspecified atom stereocenters. The lowest BCUT2D eigenvalue weighted by Crippen LogP contribution is -2.51. The summed E-state index contributed by atoms with van der Waals surface area (Å²) in [5, 5.41) is 9.50. The second-order valence-electron chi connectivity index (χ2n) is 5.47. The van der Waals surface area contributed by atoms with Gasteiger partial charge in [-0.25, -0.2) is 0 Å². The highest BCUT2D eigenvalue weighted by atomic mass is 19.4. The molecule has 0 amide bonds. The van der Waals surface area contributed by atoms with E-state index in [0.717, 1.165) is 32.6 Å². The molecule has 0 bridgehead atoms. The third-order valence-electron chi connectivity index (χ3n) is 3.47. The van der Waals surface area contributed by atoms with Crippen molar-refractivity contribution in [3.8, 4) is 0 Å². The minimum absolute atomic E-state index is 0.140. The van der Waals surface area contributed by atoms with Crippen LogP contribution in [0.4, 0.5) is 13.2 Å². The zero-order valence-corrected chi connectivity index (χ0v) is 11.7. The molecule has 2 atom stereocenters. The molecule has 3 nitrogen and oxygen atoms in total. The Labute approximate surface area is 112 Å². The number of halogens is 3. The molecule has 1 heterocycles. The van der Waals surface area contributed by atoms with Crippen LogP contribution in [-0.2, 0) is 4.74 Å². The third kappa shape index (κ3) is 5.28. The second kappa shape index (κ2) is 6.90. The molecule has 6 heteroatoms. The fourth-order valence-corrected chi connectivity index (χ4v) is 2.26. The number of β-amino-alcohol motifs (C(OH)–C–C–N with tert-alkyl or cyclic N) is 1. The fraction of sp³-hybridized carbons (Fsp3) is 1.00. The maximum absolute atomic E-state index is 12.6. The van der Waals surface area contributed by atoms with Gasteiger partial charge < -0.3 is 14.7 Å². The zero-order chi connectivity index (χ0) is 14.5. The van der Waals surface area contributed by atoms with Crippen molar-refractivity contribution in [1.82, 2.24) is 4.90 Å². The number of nitrogens with zero attached hydrogens (tertiary/aromatic N) is 1. The van der Waals surface area contributed by atoms with Crippen molar-refractivity contribution in [2.75, 3.05) is 26.2 Å². The van der Waals surface area contributed by atoms with E-state index in [1.165, 1.54) is 0 Å². The summed E-state index contributed by atoms with van der Waals surface area (Å²) in [7, 11) is 0. The summed E-state index contributed by atoms with van der Waals surface area (Å²) in [6.07, 6.45) is -1.08. The predicted octanol–water partition coefficient (Wildman–Crippen LogP) is 2.58. The summed E-state index contributed by atoms with van der Waals surface area (Å²) in [5.74, 6) is 0. The maximum Gasteiger partial charge on any atom is 0.418 e. The first-order chi connectivity index (χ1) is 8.76. The first-order valence-corrected chi connectivity index (χ1v) is 6.89. The van der Waals surface area contributed by atoms with E-state index in [1.54, 1.807) is 4.90 Å². The highest BCUT2D eigenvalue weighted by Gasteiger charge is 2.50. The Hall–Kier alpha value is -0.330. The lowest BCUT2D eigenvalue weighted by Gasteiger charge is -2.32. The van der Waals surface area contributed by atoms with Crippen molar-refractivity contribution >= 4 is 0 Å². The Kier molecular flexibility index (Phi) is 6.08. The average molecular weight is 283 g/mol. The smallest absolute Gasteiger partial charge is 0.380 e. The summed E-state index contributed by atoms with van der Waals surface area (Å²) in [4.78, 5) is 1.68. The van der Waals surface area contributed by atoms with Crippen molar-refractivity contribution in [2.45, 2.75) is 57.4 Å². The third-order valence-corrected chi connectivity index (χ3v) is 3.47. The lowest BCUT2D eigenvalue weighted by atomic mass is 10.1. The predicted molar refractivity (Wildman–Crippen MR) is 67.0 cm³/mol. The SMILES string of the molecule is CCCO[C@@H]1CCCN(C[C@@](C)(O)C(F)(F)F)CC1. The van der Waals surface area contributed by atoms with Crippen LogP contribution in [0, 0.1) is 0 Å². The summed E-state index contributed by atoms with van der Waals surface area (Å²) in [6.45, 7) is 4.33. The molecule has 0 saturated carbocycles. The Morgan fingerprint density at radius 2 is 1.95 bits per heavy atom. The van der Waals surface area contributed by atoms with E-state index in [4.69, 9.17) is 4.74 Å². The number of rotatable bonds is 5. The average Bonchev–Trinajstić information content (AvgIpc) is 2.50. The molecule has 0 aliphatic carbocycles. The van der Waals surface area contributed by atoms with Crippen LogP contribution < -0.4 is 0 Å². The van der Waals surface area contributed by atoms with Crippen LogP contribution in [0.2, 0.25) is 0 Å². The summed E-state index contributed by atoms with van der Waals surface area (Å²) in [6, 6.07) is 0. The Balaban J connectivity index is 2.45. The molecule has 19 heavy (non-hydrogen) atoms. The topological polar surface area (TPSA) is 32.7 Å². The van der Waals surface area contributed by atoms with Crippen LogP contribution in [0.25, 0.3) is 0 Å². The van der Waals surface area contributed by atoms with Crippen molar-refractivity contribution in [1.29, 1.82) is 0 Å². The zero-order valence-electron chi connectivity index (χ0n) is 11.7. The van der Waals surface area contributed by atoms with Gasteiger partial charge in [0.1, 0.15) is 0 Å². The normalized spacial score (nSPS) is 25.9. The summed E-state index contributed by atoms with van der Waals surface area (Å²) in [5.41, 5.74) is -2.64. The number of aliphatic hydroxyl groups is 1. The molecule has 1 aliphatic rings. The second-order valence-corrected chi connectivity index (χ2v) is 5.47. The van der Waals surface area contributed by atoms with Gasteiger partial charge in [0.05, 0.1) is 6.10 Å². The number of hydrogen-bond acceptors (Lipinski definition) is 3. The molecule has 114 valence electrons. The van der Waals surface area contributed by atoms with Crippen LogP contribution in [0.1, 0.15) is 39.5 Å². The first-order valence-electron chi connectivity index (χ1n) is 6.89.